The molecule has 1 atom stereocenters. The minimum absolute atomic E-state index is 0.0456. The van der Waals surface area contributed by atoms with Gasteiger partial charge in [-0.2, -0.15) is 5.10 Å². The smallest absolute Gasteiger partial charge is 0.228 e. The first kappa shape index (κ1) is 17.0. The van der Waals surface area contributed by atoms with Gasteiger partial charge in [-0.15, -0.1) is 0 Å². The number of carbonyl (C=O) groups is 1. The standard InChI is InChI=1S/C15H25N3O3S/c1-15(2,3)11-18(13-6-8-22(20,21)10-13)14(19)9-12-5-7-17(4)16-12/h5,7,13H,6,8-11H2,1-4H3. The third kappa shape index (κ3) is 4.56. The van der Waals surface area contributed by atoms with Crippen molar-refractivity contribution in [2.75, 3.05) is 18.1 Å². The molecule has 2 rings (SSSR count). The van der Waals surface area contributed by atoms with Crippen LogP contribution in [0.4, 0.5) is 0 Å². The SMILES string of the molecule is Cn1ccc(CC(=O)N(CC(C)(C)C)C2CCS(=O)(=O)C2)n1. The van der Waals surface area contributed by atoms with Crippen molar-refractivity contribution in [3.05, 3.63) is 18.0 Å². The van der Waals surface area contributed by atoms with Gasteiger partial charge in [-0.1, -0.05) is 20.8 Å². The number of hydrogen-bond donors (Lipinski definition) is 0. The number of aromatic nitrogens is 2. The number of sulfone groups is 1. The van der Waals surface area contributed by atoms with E-state index in [1.54, 1.807) is 15.8 Å². The highest BCUT2D eigenvalue weighted by Gasteiger charge is 2.36. The van der Waals surface area contributed by atoms with Crippen molar-refractivity contribution in [1.29, 1.82) is 0 Å². The number of carbonyl (C=O) groups excluding carboxylic acids is 1. The second kappa shape index (κ2) is 6.02. The number of rotatable bonds is 4. The molecule has 7 heteroatoms. The minimum Gasteiger partial charge on any atom is -0.338 e. The van der Waals surface area contributed by atoms with E-state index in [1.807, 2.05) is 13.1 Å². The van der Waals surface area contributed by atoms with E-state index in [0.29, 0.717) is 18.7 Å². The normalized spacial score (nSPS) is 21.0. The molecule has 0 aromatic carbocycles. The van der Waals surface area contributed by atoms with Gasteiger partial charge in [0.05, 0.1) is 23.6 Å². The van der Waals surface area contributed by atoms with Crippen molar-refractivity contribution < 1.29 is 13.2 Å². The lowest BCUT2D eigenvalue weighted by atomic mass is 9.94. The molecule has 0 spiro atoms. The van der Waals surface area contributed by atoms with Crippen LogP contribution in [0.1, 0.15) is 32.9 Å². The van der Waals surface area contributed by atoms with Gasteiger partial charge in [-0.3, -0.25) is 9.48 Å². The van der Waals surface area contributed by atoms with Gasteiger partial charge in [0.15, 0.2) is 9.84 Å². The van der Waals surface area contributed by atoms with Gasteiger partial charge in [-0.05, 0) is 17.9 Å². The number of amides is 1. The fourth-order valence-corrected chi connectivity index (χ4v) is 4.50. The predicted octanol–water partition coefficient (Wildman–Crippen LogP) is 1.02. The highest BCUT2D eigenvalue weighted by molar-refractivity contribution is 7.91. The number of nitrogens with zero attached hydrogens (tertiary/aromatic N) is 3. The molecule has 1 saturated heterocycles. The predicted molar refractivity (Wildman–Crippen MR) is 85.1 cm³/mol. The molecule has 124 valence electrons. The van der Waals surface area contributed by atoms with Crippen molar-refractivity contribution >= 4 is 15.7 Å². The molecule has 1 amide bonds. The van der Waals surface area contributed by atoms with Crippen molar-refractivity contribution in [3.8, 4) is 0 Å². The number of aryl methyl sites for hydroxylation is 1. The van der Waals surface area contributed by atoms with E-state index in [0.717, 1.165) is 0 Å². The van der Waals surface area contributed by atoms with E-state index in [2.05, 4.69) is 25.9 Å². The Morgan fingerprint density at radius 1 is 1.45 bits per heavy atom. The van der Waals surface area contributed by atoms with Gasteiger partial charge < -0.3 is 4.90 Å². The Morgan fingerprint density at radius 2 is 2.14 bits per heavy atom. The third-order valence-corrected chi connectivity index (χ3v) is 5.47. The highest BCUT2D eigenvalue weighted by Crippen LogP contribution is 2.24. The summed E-state index contributed by atoms with van der Waals surface area (Å²) in [5, 5.41) is 4.24. The fourth-order valence-electron chi connectivity index (χ4n) is 2.77. The lowest BCUT2D eigenvalue weighted by Crippen LogP contribution is -2.46. The Hall–Kier alpha value is -1.37. The van der Waals surface area contributed by atoms with E-state index in [4.69, 9.17) is 0 Å². The summed E-state index contributed by atoms with van der Waals surface area (Å²) in [6.45, 7) is 6.71. The van der Waals surface area contributed by atoms with E-state index in [9.17, 15) is 13.2 Å². The summed E-state index contributed by atoms with van der Waals surface area (Å²) in [5.74, 6) is 0.211. The van der Waals surface area contributed by atoms with Crippen LogP contribution in [0.15, 0.2) is 12.3 Å². The van der Waals surface area contributed by atoms with Crippen LogP contribution < -0.4 is 0 Å². The van der Waals surface area contributed by atoms with Crippen molar-refractivity contribution in [1.82, 2.24) is 14.7 Å². The summed E-state index contributed by atoms with van der Waals surface area (Å²) in [6, 6.07) is 1.61. The molecule has 1 aliphatic rings. The summed E-state index contributed by atoms with van der Waals surface area (Å²) in [6.07, 6.45) is 2.55. The van der Waals surface area contributed by atoms with Crippen LogP contribution in [0, 0.1) is 5.41 Å². The number of hydrogen-bond acceptors (Lipinski definition) is 4. The second-order valence-corrected chi connectivity index (χ2v) is 9.53. The lowest BCUT2D eigenvalue weighted by Gasteiger charge is -2.34. The maximum Gasteiger partial charge on any atom is 0.228 e. The van der Waals surface area contributed by atoms with Crippen molar-refractivity contribution in [3.63, 3.8) is 0 Å². The zero-order valence-corrected chi connectivity index (χ0v) is 14.6. The molecule has 1 unspecified atom stereocenters. The summed E-state index contributed by atoms with van der Waals surface area (Å²) in [5.41, 5.74) is 0.638. The van der Waals surface area contributed by atoms with Gasteiger partial charge in [0.25, 0.3) is 0 Å². The van der Waals surface area contributed by atoms with Crippen LogP contribution in [-0.2, 0) is 28.1 Å². The van der Waals surface area contributed by atoms with Crippen LogP contribution in [0.3, 0.4) is 0 Å². The average Bonchev–Trinajstić information content (AvgIpc) is 2.91. The molecule has 0 N–H and O–H groups in total. The molecule has 1 fully saturated rings. The van der Waals surface area contributed by atoms with Gasteiger partial charge >= 0.3 is 0 Å². The van der Waals surface area contributed by atoms with E-state index in [-0.39, 0.29) is 35.3 Å². The van der Waals surface area contributed by atoms with Gasteiger partial charge in [0.2, 0.25) is 5.91 Å². The maximum absolute atomic E-state index is 12.7. The fraction of sp³-hybridized carbons (Fsp3) is 0.733. The zero-order valence-electron chi connectivity index (χ0n) is 13.7. The molecule has 22 heavy (non-hydrogen) atoms. The monoisotopic (exact) mass is 327 g/mol. The van der Waals surface area contributed by atoms with E-state index >= 15 is 0 Å². The van der Waals surface area contributed by atoms with Crippen LogP contribution in [-0.4, -0.2) is 53.1 Å². The molecule has 0 bridgehead atoms. The molecule has 1 aromatic heterocycles. The average molecular weight is 327 g/mol. The molecule has 1 aliphatic heterocycles. The summed E-state index contributed by atoms with van der Waals surface area (Å²) >= 11 is 0. The Labute approximate surface area is 132 Å². The first-order valence-corrected chi connectivity index (χ1v) is 9.36. The first-order chi connectivity index (χ1) is 10.1. The van der Waals surface area contributed by atoms with Crippen molar-refractivity contribution in [2.45, 2.75) is 39.7 Å². The van der Waals surface area contributed by atoms with Gasteiger partial charge in [-0.25, -0.2) is 8.42 Å². The maximum atomic E-state index is 12.7. The molecule has 6 nitrogen and oxygen atoms in total. The Balaban J connectivity index is 2.15. The summed E-state index contributed by atoms with van der Waals surface area (Å²) < 4.78 is 25.1. The van der Waals surface area contributed by atoms with Crippen LogP contribution in [0.5, 0.6) is 0 Å². The molecule has 2 heterocycles. The van der Waals surface area contributed by atoms with Crippen LogP contribution in [0.25, 0.3) is 0 Å². The second-order valence-electron chi connectivity index (χ2n) is 7.30. The summed E-state index contributed by atoms with van der Waals surface area (Å²) in [7, 11) is -1.20. The van der Waals surface area contributed by atoms with Gasteiger partial charge in [0, 0.05) is 25.8 Å². The molecule has 1 aromatic rings. The zero-order chi connectivity index (χ0) is 16.5. The van der Waals surface area contributed by atoms with Crippen LogP contribution >= 0.6 is 0 Å². The molecule has 0 aliphatic carbocycles. The van der Waals surface area contributed by atoms with Crippen molar-refractivity contribution in [2.24, 2.45) is 12.5 Å². The lowest BCUT2D eigenvalue weighted by molar-refractivity contribution is -0.133. The summed E-state index contributed by atoms with van der Waals surface area (Å²) in [4.78, 5) is 14.4. The van der Waals surface area contributed by atoms with Gasteiger partial charge in [0.1, 0.15) is 0 Å². The van der Waals surface area contributed by atoms with E-state index in [1.165, 1.54) is 0 Å². The molecule has 0 saturated carbocycles. The third-order valence-electron chi connectivity index (χ3n) is 3.72. The highest BCUT2D eigenvalue weighted by atomic mass is 32.2. The molecular weight excluding hydrogens is 302 g/mol. The minimum atomic E-state index is -3.01. The Kier molecular flexibility index (Phi) is 4.65. The first-order valence-electron chi connectivity index (χ1n) is 7.54. The quantitative estimate of drug-likeness (QED) is 0.828. The molecular formula is C15H25N3O3S. The molecule has 0 radical (unpaired) electrons. The largest absolute Gasteiger partial charge is 0.338 e. The topological polar surface area (TPSA) is 72.3 Å². The Bertz CT molecular complexity index is 643. The Morgan fingerprint density at radius 3 is 2.59 bits per heavy atom. The van der Waals surface area contributed by atoms with Crippen LogP contribution in [0.2, 0.25) is 0 Å². The van der Waals surface area contributed by atoms with E-state index < -0.39 is 9.84 Å².